The lowest BCUT2D eigenvalue weighted by Gasteiger charge is -2.33. The molecule has 1 aliphatic heterocycles. The minimum atomic E-state index is -0.870. The number of amides is 3. The van der Waals surface area contributed by atoms with Crippen molar-refractivity contribution < 1.29 is 24.2 Å². The largest absolute Gasteiger partial charge is 0.492 e. The van der Waals surface area contributed by atoms with E-state index >= 15 is 0 Å². The third kappa shape index (κ3) is 11.0. The van der Waals surface area contributed by atoms with Crippen molar-refractivity contribution in [2.24, 2.45) is 5.92 Å². The number of fused-ring (bicyclic) bond motifs is 1. The Balaban J connectivity index is 0.000000693. The van der Waals surface area contributed by atoms with Crippen LogP contribution < -0.4 is 20.7 Å². The minimum absolute atomic E-state index is 0.0291. The molecule has 3 amide bonds. The van der Waals surface area contributed by atoms with E-state index in [0.29, 0.717) is 19.7 Å². The Labute approximate surface area is 238 Å². The Morgan fingerprint density at radius 2 is 1.73 bits per heavy atom. The lowest BCUT2D eigenvalue weighted by Crippen LogP contribution is -2.56. The van der Waals surface area contributed by atoms with Crippen molar-refractivity contribution in [1.82, 2.24) is 20.9 Å². The predicted molar refractivity (Wildman–Crippen MR) is 157 cm³/mol. The molecule has 0 saturated carbocycles. The fourth-order valence-electron chi connectivity index (χ4n) is 4.38. The summed E-state index contributed by atoms with van der Waals surface area (Å²) in [5, 5.41) is 18.2. The van der Waals surface area contributed by atoms with E-state index in [2.05, 4.69) is 35.0 Å². The van der Waals surface area contributed by atoms with E-state index in [0.717, 1.165) is 30.6 Å². The second-order valence-electron chi connectivity index (χ2n) is 10.1. The van der Waals surface area contributed by atoms with Gasteiger partial charge in [0.05, 0.1) is 12.6 Å². The highest BCUT2D eigenvalue weighted by Crippen LogP contribution is 2.19. The van der Waals surface area contributed by atoms with Crippen molar-refractivity contribution in [1.29, 1.82) is 0 Å². The van der Waals surface area contributed by atoms with Crippen LogP contribution in [0.4, 0.5) is 0 Å². The first-order valence-corrected chi connectivity index (χ1v) is 14.2. The van der Waals surface area contributed by atoms with Gasteiger partial charge in [-0.1, -0.05) is 74.4 Å². The minimum Gasteiger partial charge on any atom is -0.492 e. The fourth-order valence-corrected chi connectivity index (χ4v) is 4.38. The highest BCUT2D eigenvalue weighted by atomic mass is 16.5. The van der Waals surface area contributed by atoms with Gasteiger partial charge in [-0.15, -0.1) is 0 Å². The summed E-state index contributed by atoms with van der Waals surface area (Å²) >= 11 is 0. The molecule has 3 atom stereocenters. The number of hydrogen-bond donors (Lipinski definition) is 4. The van der Waals surface area contributed by atoms with Gasteiger partial charge in [0, 0.05) is 26.7 Å². The van der Waals surface area contributed by atoms with Gasteiger partial charge in [-0.3, -0.25) is 14.4 Å². The molecule has 0 saturated heterocycles. The van der Waals surface area contributed by atoms with Crippen LogP contribution in [0.1, 0.15) is 44.2 Å². The van der Waals surface area contributed by atoms with Crippen molar-refractivity contribution in [3.63, 3.8) is 0 Å². The first-order chi connectivity index (χ1) is 19.3. The molecule has 0 radical (unpaired) electrons. The molecule has 0 fully saturated rings. The van der Waals surface area contributed by atoms with Crippen molar-refractivity contribution in [3.05, 3.63) is 65.7 Å². The van der Waals surface area contributed by atoms with E-state index in [1.165, 1.54) is 10.5 Å². The smallest absolute Gasteiger partial charge is 0.243 e. The first-order valence-electron chi connectivity index (χ1n) is 14.2. The lowest BCUT2D eigenvalue weighted by atomic mass is 9.97. The summed E-state index contributed by atoms with van der Waals surface area (Å²) in [6.07, 6.45) is 2.34. The van der Waals surface area contributed by atoms with Crippen molar-refractivity contribution in [3.8, 4) is 5.75 Å². The van der Waals surface area contributed by atoms with Crippen LogP contribution in [0.25, 0.3) is 0 Å². The number of carbonyl (C=O) groups excluding carboxylic acids is 3. The van der Waals surface area contributed by atoms with Crippen LogP contribution in [-0.4, -0.2) is 79.7 Å². The molecule has 0 spiro atoms. The van der Waals surface area contributed by atoms with Crippen molar-refractivity contribution in [2.45, 2.75) is 58.5 Å². The molecule has 9 nitrogen and oxygen atoms in total. The number of ether oxygens (including phenoxy) is 1. The van der Waals surface area contributed by atoms with Crippen LogP contribution in [0.5, 0.6) is 5.75 Å². The van der Waals surface area contributed by atoms with Gasteiger partial charge in [0.1, 0.15) is 18.4 Å². The van der Waals surface area contributed by atoms with Crippen LogP contribution in [-0.2, 0) is 20.8 Å². The van der Waals surface area contributed by atoms with Gasteiger partial charge in [-0.2, -0.15) is 0 Å². The molecule has 2 aromatic carbocycles. The van der Waals surface area contributed by atoms with Gasteiger partial charge in [0.15, 0.2) is 0 Å². The quantitative estimate of drug-likeness (QED) is 0.461. The number of nitrogens with one attached hydrogen (secondary N) is 3. The topological polar surface area (TPSA) is 120 Å². The second kappa shape index (κ2) is 18.0. The normalized spacial score (nSPS) is 20.3. The van der Waals surface area contributed by atoms with Crippen LogP contribution in [0.3, 0.4) is 0 Å². The highest BCUT2D eigenvalue weighted by Gasteiger charge is 2.33. The number of aliphatic hydroxyl groups is 1. The van der Waals surface area contributed by atoms with Crippen LogP contribution in [0, 0.1) is 12.8 Å². The molecule has 0 aliphatic carbocycles. The molecule has 4 N–H and O–H groups in total. The zero-order valence-electron chi connectivity index (χ0n) is 24.3. The Morgan fingerprint density at radius 3 is 2.38 bits per heavy atom. The lowest BCUT2D eigenvalue weighted by molar-refractivity contribution is -0.142. The highest BCUT2D eigenvalue weighted by molar-refractivity contribution is 5.91. The summed E-state index contributed by atoms with van der Waals surface area (Å²) in [6, 6.07) is 16.7. The number of nitrogens with zero attached hydrogens (tertiary/aromatic N) is 1. The van der Waals surface area contributed by atoms with Gasteiger partial charge in [-0.05, 0) is 43.7 Å². The van der Waals surface area contributed by atoms with E-state index in [1.54, 1.807) is 7.05 Å². The molecule has 40 heavy (non-hydrogen) atoms. The Morgan fingerprint density at radius 1 is 1.02 bits per heavy atom. The molecule has 2 aromatic rings. The third-order valence-electron chi connectivity index (χ3n) is 7.00. The summed E-state index contributed by atoms with van der Waals surface area (Å²) in [6.45, 7) is 6.96. The Hall–Kier alpha value is -3.43. The van der Waals surface area contributed by atoms with Gasteiger partial charge in [0.2, 0.25) is 17.7 Å². The molecule has 1 heterocycles. The number of hydrogen-bond acceptors (Lipinski definition) is 6. The zero-order valence-corrected chi connectivity index (χ0v) is 24.3. The maximum atomic E-state index is 13.3. The third-order valence-corrected chi connectivity index (χ3v) is 7.00. The van der Waals surface area contributed by atoms with E-state index in [9.17, 15) is 19.5 Å². The zero-order chi connectivity index (χ0) is 29.3. The van der Waals surface area contributed by atoms with Crippen LogP contribution >= 0.6 is 0 Å². The maximum Gasteiger partial charge on any atom is 0.243 e. The summed E-state index contributed by atoms with van der Waals surface area (Å²) < 4.78 is 5.98. The number of aliphatic hydroxyl groups excluding tert-OH is 1. The van der Waals surface area contributed by atoms with Crippen LogP contribution in [0.2, 0.25) is 0 Å². The summed E-state index contributed by atoms with van der Waals surface area (Å²) in [4.78, 5) is 39.6. The Kier molecular flexibility index (Phi) is 14.8. The molecule has 3 unspecified atom stereocenters. The average molecular weight is 555 g/mol. The number of para-hydroxylation sites is 1. The summed E-state index contributed by atoms with van der Waals surface area (Å²) in [5.74, 6) is -0.169. The van der Waals surface area contributed by atoms with E-state index in [4.69, 9.17) is 4.74 Å². The number of rotatable bonds is 4. The molecular weight excluding hydrogens is 508 g/mol. The summed E-state index contributed by atoms with van der Waals surface area (Å²) in [7, 11) is 1.56. The first kappa shape index (κ1) is 32.8. The van der Waals surface area contributed by atoms with Gasteiger partial charge in [0.25, 0.3) is 0 Å². The average Bonchev–Trinajstić information content (AvgIpc) is 2.96. The van der Waals surface area contributed by atoms with Gasteiger partial charge < -0.3 is 30.7 Å². The molecule has 3 rings (SSSR count). The summed E-state index contributed by atoms with van der Waals surface area (Å²) in [5.41, 5.74) is 2.38. The fraction of sp³-hybridized carbons (Fsp3) is 0.516. The number of likely N-dealkylation sites (N-methyl/N-ethyl adjacent to an activating group) is 1. The molecule has 1 aliphatic rings. The SMILES string of the molecule is CCC(C)C1NCCOc2ccccc2CCCNC(=O)CNC(=O)C(CCO)N(C)C1=O.Cc1ccccc1. The van der Waals surface area contributed by atoms with Gasteiger partial charge >= 0.3 is 0 Å². The molecule has 9 heteroatoms. The molecule has 0 bridgehead atoms. The van der Waals surface area contributed by atoms with Crippen molar-refractivity contribution >= 4 is 17.7 Å². The molecule has 220 valence electrons. The standard InChI is InChI=1S/C24H38N4O5.C7H8/c1-4-17(2)22-24(32)28(3)19(11-14-29)23(31)27-16-21(30)25-12-7-9-18-8-5-6-10-20(18)33-15-13-26-22;1-7-5-3-2-4-6-7/h5-6,8,10,17,19,22,26,29H,4,7,9,11-16H2,1-3H3,(H,25,30)(H,27,31);2-6H,1H3. The van der Waals surface area contributed by atoms with Crippen LogP contribution in [0.15, 0.2) is 54.6 Å². The second-order valence-corrected chi connectivity index (χ2v) is 10.1. The number of carbonyl (C=O) groups is 3. The van der Waals surface area contributed by atoms with Crippen molar-refractivity contribution in [2.75, 3.05) is 39.9 Å². The van der Waals surface area contributed by atoms with E-state index < -0.39 is 18.0 Å². The van der Waals surface area contributed by atoms with Gasteiger partial charge in [-0.25, -0.2) is 0 Å². The predicted octanol–water partition coefficient (Wildman–Crippen LogP) is 2.45. The maximum absolute atomic E-state index is 13.3. The number of benzene rings is 2. The monoisotopic (exact) mass is 554 g/mol. The van der Waals surface area contributed by atoms with E-state index in [1.807, 2.05) is 56.3 Å². The Bertz CT molecular complexity index is 1050. The molecule has 0 aromatic heterocycles. The van der Waals surface area contributed by atoms with E-state index in [-0.39, 0.29) is 37.3 Å². The molecular formula is C31H46N4O5. The number of aryl methyl sites for hydroxylation is 2.